The van der Waals surface area contributed by atoms with Crippen molar-refractivity contribution in [3.8, 4) is 22.3 Å². The second-order valence-corrected chi connectivity index (χ2v) is 13.7. The van der Waals surface area contributed by atoms with Crippen LogP contribution in [0.1, 0.15) is 28.6 Å². The van der Waals surface area contributed by atoms with E-state index in [0.717, 1.165) is 79.0 Å². The van der Waals surface area contributed by atoms with Crippen molar-refractivity contribution < 1.29 is 8.83 Å². The molecule has 2 N–H and O–H groups in total. The molecule has 7 aromatic carbocycles. The molecule has 6 nitrogen and oxygen atoms in total. The quantitative estimate of drug-likeness (QED) is 0.188. The van der Waals surface area contributed by atoms with Crippen molar-refractivity contribution in [3.05, 3.63) is 180 Å². The highest BCUT2D eigenvalue weighted by Crippen LogP contribution is 2.42. The van der Waals surface area contributed by atoms with Gasteiger partial charge in [-0.3, -0.25) is 0 Å². The molecule has 0 aliphatic carbocycles. The molecule has 2 aliphatic rings. The van der Waals surface area contributed by atoms with Crippen molar-refractivity contribution in [2.24, 2.45) is 9.98 Å². The zero-order valence-electron chi connectivity index (χ0n) is 29.1. The minimum atomic E-state index is -0.376. The molecule has 1 unspecified atom stereocenters. The van der Waals surface area contributed by atoms with Crippen LogP contribution in [0.5, 0.6) is 0 Å². The summed E-state index contributed by atoms with van der Waals surface area (Å²) in [5.41, 5.74) is 11.2. The van der Waals surface area contributed by atoms with E-state index in [1.165, 1.54) is 27.5 Å². The molecular weight excluding hydrogens is 665 g/mol. The molecule has 0 radical (unpaired) electrons. The number of nitrogens with one attached hydrogen (secondary N) is 2. The van der Waals surface area contributed by atoms with Gasteiger partial charge in [-0.05, 0) is 57.3 Å². The summed E-state index contributed by atoms with van der Waals surface area (Å²) in [5.74, 6) is 2.29. The van der Waals surface area contributed by atoms with Crippen molar-refractivity contribution in [2.45, 2.75) is 6.17 Å². The molecule has 1 atom stereocenters. The predicted octanol–water partition coefficient (Wildman–Crippen LogP) is 11.8. The Hall–Kier alpha value is -7.18. The Morgan fingerprint density at radius 1 is 0.519 bits per heavy atom. The number of furan rings is 2. The molecule has 0 spiro atoms. The second-order valence-electron chi connectivity index (χ2n) is 13.7. The summed E-state index contributed by atoms with van der Waals surface area (Å²) in [4.78, 5) is 10.3. The van der Waals surface area contributed by atoms with Gasteiger partial charge in [-0.25, -0.2) is 9.98 Å². The van der Waals surface area contributed by atoms with Crippen LogP contribution in [0, 0.1) is 0 Å². The Kier molecular flexibility index (Phi) is 6.89. The number of rotatable bonds is 5. The smallest absolute Gasteiger partial charge is 0.159 e. The summed E-state index contributed by atoms with van der Waals surface area (Å²) in [6, 6.07) is 52.8. The van der Waals surface area contributed by atoms with Crippen molar-refractivity contribution in [3.63, 3.8) is 0 Å². The third-order valence-corrected chi connectivity index (χ3v) is 10.6. The first-order valence-electron chi connectivity index (χ1n) is 18.2. The molecule has 256 valence electrons. The fourth-order valence-electron chi connectivity index (χ4n) is 8.11. The van der Waals surface area contributed by atoms with Crippen LogP contribution in [0.15, 0.2) is 177 Å². The minimum Gasteiger partial charge on any atom is -0.456 e. The molecule has 54 heavy (non-hydrogen) atoms. The Morgan fingerprint density at radius 3 is 2.06 bits per heavy atom. The van der Waals surface area contributed by atoms with Crippen molar-refractivity contribution in [1.29, 1.82) is 0 Å². The maximum Gasteiger partial charge on any atom is 0.159 e. The number of anilines is 1. The minimum absolute atomic E-state index is 0.376. The van der Waals surface area contributed by atoms with Gasteiger partial charge < -0.3 is 19.5 Å². The molecule has 9 aromatic rings. The lowest BCUT2D eigenvalue weighted by Gasteiger charge is -2.24. The highest BCUT2D eigenvalue weighted by molar-refractivity contribution is 6.17. The molecule has 4 heterocycles. The van der Waals surface area contributed by atoms with Crippen LogP contribution in [0.2, 0.25) is 0 Å². The van der Waals surface area contributed by atoms with E-state index in [1.54, 1.807) is 0 Å². The molecule has 2 aromatic heterocycles. The van der Waals surface area contributed by atoms with Gasteiger partial charge >= 0.3 is 0 Å². The molecule has 0 amide bonds. The van der Waals surface area contributed by atoms with Gasteiger partial charge in [0.15, 0.2) is 11.6 Å². The van der Waals surface area contributed by atoms with Gasteiger partial charge in [-0.15, -0.1) is 0 Å². The normalized spacial score (nSPS) is 15.2. The van der Waals surface area contributed by atoms with Crippen LogP contribution in [0.4, 0.5) is 5.69 Å². The van der Waals surface area contributed by atoms with Crippen LogP contribution in [-0.4, -0.2) is 18.2 Å². The van der Waals surface area contributed by atoms with Gasteiger partial charge in [0.1, 0.15) is 28.8 Å². The van der Waals surface area contributed by atoms with E-state index < -0.39 is 0 Å². The predicted molar refractivity (Wildman–Crippen MR) is 221 cm³/mol. The summed E-state index contributed by atoms with van der Waals surface area (Å²) in [6.07, 6.45) is 3.73. The summed E-state index contributed by atoms with van der Waals surface area (Å²) < 4.78 is 12.5. The molecule has 11 rings (SSSR count). The number of hydrogen-bond acceptors (Lipinski definition) is 6. The topological polar surface area (TPSA) is 75.1 Å². The standard InChI is InChI=1S/C48H32N4O2/c1-2-11-30(12-3-1)46-50-47(52-48(51-46)38-17-9-20-41-44(38)45-42(54-41)21-10-28-49-45)31-24-22-29(23-25-31)32-26-27-35(34-14-5-4-13-33(32)34)36-16-8-19-40-43(36)37-15-6-7-18-39(37)53-40/h1-27,48-49H,28H2,(H,50,51,52). The van der Waals surface area contributed by atoms with Gasteiger partial charge in [0.2, 0.25) is 0 Å². The highest BCUT2D eigenvalue weighted by Gasteiger charge is 2.26. The number of fused-ring (bicyclic) bond motifs is 7. The van der Waals surface area contributed by atoms with Crippen LogP contribution in [0.3, 0.4) is 0 Å². The molecule has 6 heteroatoms. The molecular formula is C48H32N4O2. The maximum absolute atomic E-state index is 6.25. The number of aliphatic imine (C=N–C) groups is 2. The third kappa shape index (κ3) is 4.88. The van der Waals surface area contributed by atoms with E-state index >= 15 is 0 Å². The van der Waals surface area contributed by atoms with E-state index in [2.05, 4.69) is 126 Å². The van der Waals surface area contributed by atoms with Crippen LogP contribution in [0.25, 0.3) is 72.0 Å². The Morgan fingerprint density at radius 2 is 1.20 bits per heavy atom. The first kappa shape index (κ1) is 30.4. The molecule has 2 aliphatic heterocycles. The van der Waals surface area contributed by atoms with E-state index in [1.807, 2.05) is 48.5 Å². The lowest BCUT2D eigenvalue weighted by Crippen LogP contribution is -2.33. The Bertz CT molecular complexity index is 3020. The molecule has 0 bridgehead atoms. The second kappa shape index (κ2) is 12.2. The lowest BCUT2D eigenvalue weighted by atomic mass is 9.90. The Labute approximate surface area is 310 Å². The summed E-state index contributed by atoms with van der Waals surface area (Å²) in [7, 11) is 0. The van der Waals surface area contributed by atoms with Crippen molar-refractivity contribution >= 4 is 67.1 Å². The van der Waals surface area contributed by atoms with Gasteiger partial charge in [0, 0.05) is 34.0 Å². The zero-order chi connectivity index (χ0) is 35.6. The number of benzene rings is 7. The van der Waals surface area contributed by atoms with Gasteiger partial charge in [-0.1, -0.05) is 140 Å². The largest absolute Gasteiger partial charge is 0.456 e. The van der Waals surface area contributed by atoms with E-state index in [0.29, 0.717) is 5.84 Å². The molecule has 0 saturated carbocycles. The summed E-state index contributed by atoms with van der Waals surface area (Å²) in [6.45, 7) is 0.751. The van der Waals surface area contributed by atoms with Crippen molar-refractivity contribution in [2.75, 3.05) is 11.9 Å². The monoisotopic (exact) mass is 696 g/mol. The van der Waals surface area contributed by atoms with Crippen molar-refractivity contribution in [1.82, 2.24) is 5.32 Å². The first-order chi connectivity index (χ1) is 26.8. The maximum atomic E-state index is 6.25. The fourth-order valence-corrected chi connectivity index (χ4v) is 8.11. The SMILES string of the molecule is C1=Cc2oc3cccc(C4N=C(c5ccc(-c6ccc(-c7cccc8oc9ccccc9c78)c7ccccc67)cc5)N=C(c5ccccc5)N4)c3c2NC1. The number of hydrogen-bond donors (Lipinski definition) is 2. The van der Waals surface area contributed by atoms with E-state index in [-0.39, 0.29) is 6.17 Å². The summed E-state index contributed by atoms with van der Waals surface area (Å²) >= 11 is 0. The number of amidine groups is 2. The summed E-state index contributed by atoms with van der Waals surface area (Å²) in [5, 5.41) is 12.9. The van der Waals surface area contributed by atoms with Gasteiger partial charge in [0.05, 0.1) is 11.1 Å². The average Bonchev–Trinajstić information content (AvgIpc) is 3.82. The van der Waals surface area contributed by atoms with Gasteiger partial charge in [-0.2, -0.15) is 0 Å². The lowest BCUT2D eigenvalue weighted by molar-refractivity contribution is 0.603. The number of nitrogens with zero attached hydrogens (tertiary/aromatic N) is 2. The van der Waals surface area contributed by atoms with Gasteiger partial charge in [0.25, 0.3) is 0 Å². The molecule has 0 fully saturated rings. The fraction of sp³-hybridized carbons (Fsp3) is 0.0417. The first-order valence-corrected chi connectivity index (χ1v) is 18.2. The zero-order valence-corrected chi connectivity index (χ0v) is 29.1. The number of para-hydroxylation sites is 1. The van der Waals surface area contributed by atoms with Crippen LogP contribution >= 0.6 is 0 Å². The third-order valence-electron chi connectivity index (χ3n) is 10.6. The highest BCUT2D eigenvalue weighted by atomic mass is 16.3. The van der Waals surface area contributed by atoms with E-state index in [4.69, 9.17) is 18.8 Å². The Balaban J connectivity index is 1.01. The van der Waals surface area contributed by atoms with E-state index in [9.17, 15) is 0 Å². The van der Waals surface area contributed by atoms with Crippen LogP contribution < -0.4 is 10.6 Å². The molecule has 0 saturated heterocycles. The van der Waals surface area contributed by atoms with Crippen LogP contribution in [-0.2, 0) is 0 Å². The average molecular weight is 697 g/mol.